The van der Waals surface area contributed by atoms with E-state index in [1.54, 1.807) is 0 Å². The van der Waals surface area contributed by atoms with Crippen LogP contribution in [0.2, 0.25) is 0 Å². The zero-order valence-corrected chi connectivity index (χ0v) is 12.9. The van der Waals surface area contributed by atoms with E-state index in [0.29, 0.717) is 5.75 Å². The molecule has 0 radical (unpaired) electrons. The van der Waals surface area contributed by atoms with Gasteiger partial charge in [-0.05, 0) is 48.2 Å². The lowest BCUT2D eigenvalue weighted by molar-refractivity contribution is -0.118. The van der Waals surface area contributed by atoms with Crippen LogP contribution in [0.25, 0.3) is 0 Å². The maximum Gasteiger partial charge on any atom is 0.262 e. The highest BCUT2D eigenvalue weighted by Crippen LogP contribution is 2.22. The van der Waals surface area contributed by atoms with Crippen molar-refractivity contribution in [2.45, 2.75) is 26.7 Å². The van der Waals surface area contributed by atoms with Gasteiger partial charge < -0.3 is 10.1 Å². The average molecular weight is 301 g/mol. The predicted octanol–water partition coefficient (Wildman–Crippen LogP) is 3.97. The third-order valence-electron chi connectivity index (χ3n) is 3.45. The van der Waals surface area contributed by atoms with E-state index in [-0.39, 0.29) is 18.3 Å². The Morgan fingerprint density at radius 3 is 2.18 bits per heavy atom. The van der Waals surface area contributed by atoms with Gasteiger partial charge in [0, 0.05) is 5.69 Å². The number of amides is 1. The van der Waals surface area contributed by atoms with Crippen molar-refractivity contribution in [2.75, 3.05) is 11.9 Å². The standard InChI is InChI=1S/C18H20FNO2/c1-3-13-6-5-7-14(4-2)18(13)20-17(21)12-22-16-10-8-15(19)9-11-16/h5-11H,3-4,12H2,1-2H3,(H,20,21). The number of carbonyl (C=O) groups is 1. The van der Waals surface area contributed by atoms with Gasteiger partial charge in [-0.3, -0.25) is 4.79 Å². The van der Waals surface area contributed by atoms with E-state index in [1.807, 2.05) is 18.2 Å². The highest BCUT2D eigenvalue weighted by molar-refractivity contribution is 5.93. The third kappa shape index (κ3) is 4.07. The molecule has 1 N–H and O–H groups in total. The van der Waals surface area contributed by atoms with Gasteiger partial charge in [0.25, 0.3) is 5.91 Å². The maximum atomic E-state index is 12.8. The van der Waals surface area contributed by atoms with Crippen molar-refractivity contribution in [3.05, 3.63) is 59.4 Å². The molecule has 2 aromatic carbocycles. The second-order valence-electron chi connectivity index (χ2n) is 4.95. The quantitative estimate of drug-likeness (QED) is 0.877. The highest BCUT2D eigenvalue weighted by Gasteiger charge is 2.10. The molecular formula is C18H20FNO2. The summed E-state index contributed by atoms with van der Waals surface area (Å²) >= 11 is 0. The maximum absolute atomic E-state index is 12.8. The number of halogens is 1. The number of rotatable bonds is 6. The van der Waals surface area contributed by atoms with Crippen molar-refractivity contribution in [3.63, 3.8) is 0 Å². The molecule has 3 nitrogen and oxygen atoms in total. The molecule has 0 saturated heterocycles. The molecule has 4 heteroatoms. The van der Waals surface area contributed by atoms with Crippen molar-refractivity contribution in [3.8, 4) is 5.75 Å². The molecule has 1 amide bonds. The van der Waals surface area contributed by atoms with Crippen molar-refractivity contribution in [1.82, 2.24) is 0 Å². The van der Waals surface area contributed by atoms with E-state index in [9.17, 15) is 9.18 Å². The van der Waals surface area contributed by atoms with Crippen molar-refractivity contribution in [2.24, 2.45) is 0 Å². The minimum Gasteiger partial charge on any atom is -0.484 e. The Kier molecular flexibility index (Phi) is 5.53. The van der Waals surface area contributed by atoms with E-state index < -0.39 is 0 Å². The monoisotopic (exact) mass is 301 g/mol. The number of aryl methyl sites for hydroxylation is 2. The van der Waals surface area contributed by atoms with Crippen molar-refractivity contribution < 1.29 is 13.9 Å². The summed E-state index contributed by atoms with van der Waals surface area (Å²) in [7, 11) is 0. The molecule has 0 unspecified atom stereocenters. The molecule has 0 aromatic heterocycles. The number of hydrogen-bond acceptors (Lipinski definition) is 2. The Balaban J connectivity index is 2.01. The number of para-hydroxylation sites is 1. The van der Waals surface area contributed by atoms with E-state index in [2.05, 4.69) is 19.2 Å². The van der Waals surface area contributed by atoms with E-state index >= 15 is 0 Å². The summed E-state index contributed by atoms with van der Waals surface area (Å²) in [5, 5.41) is 2.92. The molecule has 0 aliphatic heterocycles. The lowest BCUT2D eigenvalue weighted by Crippen LogP contribution is -2.21. The summed E-state index contributed by atoms with van der Waals surface area (Å²) in [6.45, 7) is 4.01. The van der Waals surface area contributed by atoms with Gasteiger partial charge in [-0.25, -0.2) is 4.39 Å². The summed E-state index contributed by atoms with van der Waals surface area (Å²) in [4.78, 5) is 12.1. The zero-order chi connectivity index (χ0) is 15.9. The molecule has 0 spiro atoms. The zero-order valence-electron chi connectivity index (χ0n) is 12.9. The van der Waals surface area contributed by atoms with E-state index in [4.69, 9.17) is 4.74 Å². The molecule has 22 heavy (non-hydrogen) atoms. The van der Waals surface area contributed by atoms with Gasteiger partial charge in [0.1, 0.15) is 11.6 Å². The van der Waals surface area contributed by atoms with Gasteiger partial charge in [0.2, 0.25) is 0 Å². The van der Waals surface area contributed by atoms with Crippen LogP contribution in [0.1, 0.15) is 25.0 Å². The molecule has 2 aromatic rings. The van der Waals surface area contributed by atoms with Crippen LogP contribution in [-0.2, 0) is 17.6 Å². The molecule has 0 atom stereocenters. The van der Waals surface area contributed by atoms with E-state index in [1.165, 1.54) is 24.3 Å². The molecule has 0 fully saturated rings. The Bertz CT molecular complexity index is 616. The number of anilines is 1. The average Bonchev–Trinajstić information content (AvgIpc) is 2.54. The number of nitrogens with one attached hydrogen (secondary N) is 1. The van der Waals surface area contributed by atoms with Gasteiger partial charge in [-0.1, -0.05) is 32.0 Å². The molecule has 0 heterocycles. The SMILES string of the molecule is CCc1cccc(CC)c1NC(=O)COc1ccc(F)cc1. The number of ether oxygens (including phenoxy) is 1. The fourth-order valence-corrected chi connectivity index (χ4v) is 2.26. The molecule has 0 aliphatic carbocycles. The summed E-state index contributed by atoms with van der Waals surface area (Å²) in [6.07, 6.45) is 1.70. The Morgan fingerprint density at radius 1 is 1.05 bits per heavy atom. The normalized spacial score (nSPS) is 10.3. The topological polar surface area (TPSA) is 38.3 Å². The highest BCUT2D eigenvalue weighted by atomic mass is 19.1. The Labute approximate surface area is 130 Å². The Morgan fingerprint density at radius 2 is 1.64 bits per heavy atom. The van der Waals surface area contributed by atoms with Crippen LogP contribution < -0.4 is 10.1 Å². The first kappa shape index (κ1) is 16.0. The van der Waals surface area contributed by atoms with Crippen LogP contribution in [-0.4, -0.2) is 12.5 Å². The summed E-state index contributed by atoms with van der Waals surface area (Å²) < 4.78 is 18.2. The Hall–Kier alpha value is -2.36. The van der Waals surface area contributed by atoms with E-state index in [0.717, 1.165) is 29.7 Å². The minimum absolute atomic E-state index is 0.104. The summed E-state index contributed by atoms with van der Waals surface area (Å²) in [6, 6.07) is 11.6. The molecule has 0 saturated carbocycles. The summed E-state index contributed by atoms with van der Waals surface area (Å²) in [5.74, 6) is -0.0859. The van der Waals surface area contributed by atoms with Gasteiger partial charge in [-0.2, -0.15) is 0 Å². The van der Waals surface area contributed by atoms with Crippen molar-refractivity contribution in [1.29, 1.82) is 0 Å². The van der Waals surface area contributed by atoms with Gasteiger partial charge >= 0.3 is 0 Å². The second-order valence-corrected chi connectivity index (χ2v) is 4.95. The molecule has 0 aliphatic rings. The largest absolute Gasteiger partial charge is 0.484 e. The lowest BCUT2D eigenvalue weighted by atomic mass is 10.0. The van der Waals surface area contributed by atoms with Crippen LogP contribution >= 0.6 is 0 Å². The first-order valence-corrected chi connectivity index (χ1v) is 7.43. The molecule has 2 rings (SSSR count). The van der Waals surface area contributed by atoms with Crippen LogP contribution in [0.5, 0.6) is 5.75 Å². The van der Waals surface area contributed by atoms with Gasteiger partial charge in [0.05, 0.1) is 0 Å². The lowest BCUT2D eigenvalue weighted by Gasteiger charge is -2.14. The summed E-state index contributed by atoms with van der Waals surface area (Å²) in [5.41, 5.74) is 3.09. The first-order valence-electron chi connectivity index (χ1n) is 7.43. The van der Waals surface area contributed by atoms with Gasteiger partial charge in [0.15, 0.2) is 6.61 Å². The van der Waals surface area contributed by atoms with Crippen LogP contribution in [0.15, 0.2) is 42.5 Å². The van der Waals surface area contributed by atoms with Crippen molar-refractivity contribution >= 4 is 11.6 Å². The predicted molar refractivity (Wildman–Crippen MR) is 85.7 cm³/mol. The number of benzene rings is 2. The first-order chi connectivity index (χ1) is 10.6. The fourth-order valence-electron chi connectivity index (χ4n) is 2.26. The third-order valence-corrected chi connectivity index (χ3v) is 3.45. The fraction of sp³-hybridized carbons (Fsp3) is 0.278. The molecule has 0 bridgehead atoms. The van der Waals surface area contributed by atoms with Gasteiger partial charge in [-0.15, -0.1) is 0 Å². The van der Waals surface area contributed by atoms with Crippen LogP contribution in [0.3, 0.4) is 0 Å². The van der Waals surface area contributed by atoms with Crippen LogP contribution in [0.4, 0.5) is 10.1 Å². The smallest absolute Gasteiger partial charge is 0.262 e. The van der Waals surface area contributed by atoms with Crippen LogP contribution in [0, 0.1) is 5.82 Å². The second kappa shape index (κ2) is 7.59. The minimum atomic E-state index is -0.332. The molecular weight excluding hydrogens is 281 g/mol. The number of carbonyl (C=O) groups excluding carboxylic acids is 1. The molecule has 116 valence electrons. The number of hydrogen-bond donors (Lipinski definition) is 1.